The summed E-state index contributed by atoms with van der Waals surface area (Å²) in [7, 11) is 0. The largest absolute Gasteiger partial charge is 0.494 e. The van der Waals surface area contributed by atoms with Crippen molar-refractivity contribution in [2.24, 2.45) is 0 Å². The second kappa shape index (κ2) is 9.61. The van der Waals surface area contributed by atoms with Crippen molar-refractivity contribution >= 4 is 11.7 Å². The topological polar surface area (TPSA) is 58.6 Å². The van der Waals surface area contributed by atoms with E-state index < -0.39 is 0 Å². The van der Waals surface area contributed by atoms with Gasteiger partial charge in [0.2, 0.25) is 0 Å². The fourth-order valence-electron chi connectivity index (χ4n) is 3.97. The van der Waals surface area contributed by atoms with Crippen LogP contribution in [0.15, 0.2) is 60.7 Å². The van der Waals surface area contributed by atoms with Crippen LogP contribution in [0, 0.1) is 0 Å². The molecule has 1 amide bonds. The van der Waals surface area contributed by atoms with Gasteiger partial charge in [-0.15, -0.1) is 10.2 Å². The predicted octanol–water partition coefficient (Wildman–Crippen LogP) is 4.80. The lowest BCUT2D eigenvalue weighted by Gasteiger charge is -2.35. The number of hydrogen-bond acceptors (Lipinski definition) is 5. The Labute approximate surface area is 196 Å². The minimum Gasteiger partial charge on any atom is -0.494 e. The summed E-state index contributed by atoms with van der Waals surface area (Å²) in [6.07, 6.45) is 0. The van der Waals surface area contributed by atoms with Gasteiger partial charge >= 0.3 is 0 Å². The van der Waals surface area contributed by atoms with E-state index in [1.807, 2.05) is 60.4 Å². The van der Waals surface area contributed by atoms with Crippen molar-refractivity contribution in [3.05, 3.63) is 71.8 Å². The van der Waals surface area contributed by atoms with Crippen LogP contribution >= 0.6 is 0 Å². The second-order valence-corrected chi connectivity index (χ2v) is 9.34. The number of carbonyl (C=O) groups is 1. The van der Waals surface area contributed by atoms with E-state index >= 15 is 0 Å². The highest BCUT2D eigenvalue weighted by molar-refractivity contribution is 5.94. The van der Waals surface area contributed by atoms with Crippen LogP contribution in [0.2, 0.25) is 0 Å². The Balaban J connectivity index is 1.35. The molecule has 0 atom stereocenters. The van der Waals surface area contributed by atoms with Crippen LogP contribution in [0.4, 0.5) is 5.82 Å². The van der Waals surface area contributed by atoms with Gasteiger partial charge in [0, 0.05) is 37.3 Å². The second-order valence-electron chi connectivity index (χ2n) is 9.34. The number of benzene rings is 2. The highest BCUT2D eigenvalue weighted by Gasteiger charge is 2.23. The van der Waals surface area contributed by atoms with E-state index in [-0.39, 0.29) is 11.3 Å². The predicted molar refractivity (Wildman–Crippen MR) is 132 cm³/mol. The molecule has 1 aromatic heterocycles. The first-order valence-electron chi connectivity index (χ1n) is 11.6. The maximum atomic E-state index is 12.9. The first-order chi connectivity index (χ1) is 15.8. The Morgan fingerprint density at radius 3 is 2.09 bits per heavy atom. The summed E-state index contributed by atoms with van der Waals surface area (Å²) in [4.78, 5) is 17.0. The van der Waals surface area contributed by atoms with Gasteiger partial charge in [0.25, 0.3) is 5.91 Å². The van der Waals surface area contributed by atoms with Crippen molar-refractivity contribution in [2.45, 2.75) is 33.1 Å². The summed E-state index contributed by atoms with van der Waals surface area (Å²) in [6, 6.07) is 19.9. The molecule has 0 bridgehead atoms. The maximum absolute atomic E-state index is 12.9. The molecule has 2 aromatic carbocycles. The maximum Gasteiger partial charge on any atom is 0.253 e. The molecule has 172 valence electrons. The summed E-state index contributed by atoms with van der Waals surface area (Å²) in [5.74, 6) is 1.78. The Morgan fingerprint density at radius 2 is 1.55 bits per heavy atom. The molecule has 1 aliphatic rings. The lowest BCUT2D eigenvalue weighted by molar-refractivity contribution is 0.0746. The lowest BCUT2D eigenvalue weighted by Crippen LogP contribution is -2.49. The zero-order valence-electron chi connectivity index (χ0n) is 19.9. The summed E-state index contributed by atoms with van der Waals surface area (Å²) in [5, 5.41) is 8.86. The summed E-state index contributed by atoms with van der Waals surface area (Å²) in [5.41, 5.74) is 3.89. The van der Waals surface area contributed by atoms with Crippen LogP contribution in [0.25, 0.3) is 11.3 Å². The van der Waals surface area contributed by atoms with Crippen LogP contribution in [-0.4, -0.2) is 53.8 Å². The van der Waals surface area contributed by atoms with Gasteiger partial charge in [-0.05, 0) is 66.4 Å². The third kappa shape index (κ3) is 5.33. The van der Waals surface area contributed by atoms with Gasteiger partial charge in [0.15, 0.2) is 5.82 Å². The number of anilines is 1. The minimum absolute atomic E-state index is 0.0801. The van der Waals surface area contributed by atoms with Crippen molar-refractivity contribution in [3.8, 4) is 17.0 Å². The van der Waals surface area contributed by atoms with Crippen molar-refractivity contribution in [1.29, 1.82) is 0 Å². The molecule has 33 heavy (non-hydrogen) atoms. The van der Waals surface area contributed by atoms with E-state index in [1.54, 1.807) is 0 Å². The SMILES string of the molecule is CCOc1ccc(-c2ccc(N3CCN(C(=O)c4ccc(C(C)(C)C)cc4)CC3)nn2)cc1. The van der Waals surface area contributed by atoms with E-state index in [1.165, 1.54) is 5.56 Å². The summed E-state index contributed by atoms with van der Waals surface area (Å²) < 4.78 is 5.50. The van der Waals surface area contributed by atoms with Gasteiger partial charge in [-0.3, -0.25) is 4.79 Å². The quantitative estimate of drug-likeness (QED) is 0.566. The molecule has 0 aliphatic carbocycles. The van der Waals surface area contributed by atoms with E-state index in [2.05, 4.69) is 48.0 Å². The van der Waals surface area contributed by atoms with Crippen molar-refractivity contribution < 1.29 is 9.53 Å². The molecule has 6 nitrogen and oxygen atoms in total. The van der Waals surface area contributed by atoms with Gasteiger partial charge in [-0.1, -0.05) is 32.9 Å². The number of piperazine rings is 1. The number of carbonyl (C=O) groups excluding carboxylic acids is 1. The normalized spacial score (nSPS) is 14.3. The van der Waals surface area contributed by atoms with Crippen LogP contribution in [0.3, 0.4) is 0 Å². The monoisotopic (exact) mass is 444 g/mol. The number of ether oxygens (including phenoxy) is 1. The number of hydrogen-bond donors (Lipinski definition) is 0. The average Bonchev–Trinajstić information content (AvgIpc) is 2.84. The van der Waals surface area contributed by atoms with Gasteiger partial charge < -0.3 is 14.5 Å². The first-order valence-corrected chi connectivity index (χ1v) is 11.6. The third-order valence-corrected chi connectivity index (χ3v) is 6.00. The first kappa shape index (κ1) is 22.8. The highest BCUT2D eigenvalue weighted by atomic mass is 16.5. The smallest absolute Gasteiger partial charge is 0.253 e. The van der Waals surface area contributed by atoms with Crippen molar-refractivity contribution in [3.63, 3.8) is 0 Å². The van der Waals surface area contributed by atoms with Crippen molar-refractivity contribution in [2.75, 3.05) is 37.7 Å². The fraction of sp³-hybridized carbons (Fsp3) is 0.370. The molecule has 4 rings (SSSR count). The zero-order chi connectivity index (χ0) is 23.4. The number of nitrogens with zero attached hydrogens (tertiary/aromatic N) is 4. The molecule has 0 radical (unpaired) electrons. The van der Waals surface area contributed by atoms with E-state index in [4.69, 9.17) is 4.74 Å². The Morgan fingerprint density at radius 1 is 0.879 bits per heavy atom. The number of rotatable bonds is 5. The van der Waals surface area contributed by atoms with Gasteiger partial charge in [-0.2, -0.15) is 0 Å². The molecular weight excluding hydrogens is 412 g/mol. The lowest BCUT2D eigenvalue weighted by atomic mass is 9.86. The number of amides is 1. The molecule has 1 fully saturated rings. The van der Waals surface area contributed by atoms with Crippen LogP contribution in [0.1, 0.15) is 43.6 Å². The highest BCUT2D eigenvalue weighted by Crippen LogP contribution is 2.24. The van der Waals surface area contributed by atoms with E-state index in [0.717, 1.165) is 41.5 Å². The van der Waals surface area contributed by atoms with Gasteiger partial charge in [-0.25, -0.2) is 0 Å². The summed E-state index contributed by atoms with van der Waals surface area (Å²) in [6.45, 7) is 12.0. The minimum atomic E-state index is 0.0801. The molecular formula is C27H32N4O2. The zero-order valence-corrected chi connectivity index (χ0v) is 19.9. The molecule has 0 saturated carbocycles. The third-order valence-electron chi connectivity index (χ3n) is 6.00. The molecule has 1 aliphatic heterocycles. The van der Waals surface area contributed by atoms with E-state index in [9.17, 15) is 4.79 Å². The van der Waals surface area contributed by atoms with Crippen LogP contribution in [0.5, 0.6) is 5.75 Å². The van der Waals surface area contributed by atoms with Gasteiger partial charge in [0.1, 0.15) is 5.75 Å². The van der Waals surface area contributed by atoms with E-state index in [0.29, 0.717) is 19.7 Å². The average molecular weight is 445 g/mol. The molecule has 1 saturated heterocycles. The Bertz CT molecular complexity index is 1060. The van der Waals surface area contributed by atoms with Crippen LogP contribution in [-0.2, 0) is 5.41 Å². The standard InChI is InChI=1S/C27H32N4O2/c1-5-33-23-12-8-20(9-13-23)24-14-15-25(29-28-24)30-16-18-31(19-17-30)26(32)21-6-10-22(11-7-21)27(2,3)4/h6-15H,5,16-19H2,1-4H3. The molecule has 6 heteroatoms. The fourth-order valence-corrected chi connectivity index (χ4v) is 3.97. The number of aromatic nitrogens is 2. The van der Waals surface area contributed by atoms with Gasteiger partial charge in [0.05, 0.1) is 12.3 Å². The molecule has 3 aromatic rings. The van der Waals surface area contributed by atoms with Crippen molar-refractivity contribution in [1.82, 2.24) is 15.1 Å². The molecule has 2 heterocycles. The molecule has 0 unspecified atom stereocenters. The Kier molecular flexibility index (Phi) is 6.63. The Hall–Kier alpha value is -3.41. The molecule has 0 spiro atoms. The van der Waals surface area contributed by atoms with Crippen LogP contribution < -0.4 is 9.64 Å². The summed E-state index contributed by atoms with van der Waals surface area (Å²) >= 11 is 0. The molecule has 0 N–H and O–H groups in total.